The average molecular weight is 361 g/mol. The van der Waals surface area contributed by atoms with Crippen LogP contribution in [0, 0.1) is 20.8 Å². The van der Waals surface area contributed by atoms with Crippen LogP contribution < -0.4 is 15.4 Å². The summed E-state index contributed by atoms with van der Waals surface area (Å²) >= 11 is 1.73. The Morgan fingerprint density at radius 2 is 2.00 bits per heavy atom. The molecule has 0 spiro atoms. The Morgan fingerprint density at radius 1 is 1.20 bits per heavy atom. The molecule has 0 atom stereocenters. The fraction of sp³-hybridized carbons (Fsp3) is 0.474. The summed E-state index contributed by atoms with van der Waals surface area (Å²) in [6, 6.07) is 6.22. The van der Waals surface area contributed by atoms with Crippen molar-refractivity contribution in [3.63, 3.8) is 0 Å². The number of guanidine groups is 1. The van der Waals surface area contributed by atoms with Crippen LogP contribution in [0.1, 0.15) is 40.6 Å². The van der Waals surface area contributed by atoms with E-state index in [-0.39, 0.29) is 0 Å². The number of nitrogens with one attached hydrogen (secondary N) is 2. The van der Waals surface area contributed by atoms with E-state index in [0.717, 1.165) is 34.5 Å². The van der Waals surface area contributed by atoms with Gasteiger partial charge in [0.25, 0.3) is 0 Å². The number of aryl methyl sites for hydroxylation is 3. The van der Waals surface area contributed by atoms with Gasteiger partial charge in [0.15, 0.2) is 5.96 Å². The molecule has 0 aliphatic heterocycles. The van der Waals surface area contributed by atoms with E-state index in [2.05, 4.69) is 53.5 Å². The summed E-state index contributed by atoms with van der Waals surface area (Å²) in [5.74, 6) is 1.74. The van der Waals surface area contributed by atoms with E-state index < -0.39 is 0 Å². The summed E-state index contributed by atoms with van der Waals surface area (Å²) in [5.41, 5.74) is 3.41. The van der Waals surface area contributed by atoms with Crippen molar-refractivity contribution in [1.82, 2.24) is 15.6 Å². The van der Waals surface area contributed by atoms with Crippen molar-refractivity contribution in [2.24, 2.45) is 4.99 Å². The van der Waals surface area contributed by atoms with Gasteiger partial charge in [-0.25, -0.2) is 9.98 Å². The third kappa shape index (κ3) is 5.74. The van der Waals surface area contributed by atoms with Crippen LogP contribution in [-0.2, 0) is 13.1 Å². The molecule has 1 aromatic heterocycles. The highest BCUT2D eigenvalue weighted by molar-refractivity contribution is 7.11. The van der Waals surface area contributed by atoms with Gasteiger partial charge < -0.3 is 15.4 Å². The fourth-order valence-electron chi connectivity index (χ4n) is 2.41. The standard InChI is InChI=1S/C19H28N4OS/c1-6-20-19(22-12-18-23-14(4)15(5)25-18)21-11-16-8-9-17(24-7-2)13(3)10-16/h8-10H,6-7,11-12H2,1-5H3,(H2,20,21,22). The molecule has 5 nitrogen and oxygen atoms in total. The number of hydrogen-bond donors (Lipinski definition) is 2. The lowest BCUT2D eigenvalue weighted by Crippen LogP contribution is -2.36. The first-order chi connectivity index (χ1) is 12.0. The SMILES string of the molecule is CCNC(=NCc1ccc(OCC)c(C)c1)NCc1nc(C)c(C)s1. The molecule has 0 saturated heterocycles. The van der Waals surface area contributed by atoms with Crippen molar-refractivity contribution >= 4 is 17.3 Å². The maximum atomic E-state index is 5.59. The lowest BCUT2D eigenvalue weighted by atomic mass is 10.1. The van der Waals surface area contributed by atoms with Crippen LogP contribution in [0.3, 0.4) is 0 Å². The zero-order valence-electron chi connectivity index (χ0n) is 15.8. The Hall–Kier alpha value is -2.08. The minimum Gasteiger partial charge on any atom is -0.494 e. The fourth-order valence-corrected chi connectivity index (χ4v) is 3.29. The molecule has 0 radical (unpaired) electrons. The second kappa shape index (κ2) is 9.42. The number of aliphatic imine (C=N–C) groups is 1. The molecule has 0 fully saturated rings. The van der Waals surface area contributed by atoms with Gasteiger partial charge in [0.05, 0.1) is 25.4 Å². The molecule has 0 aliphatic carbocycles. The van der Waals surface area contributed by atoms with Crippen molar-refractivity contribution in [3.05, 3.63) is 44.9 Å². The lowest BCUT2D eigenvalue weighted by Gasteiger charge is -2.11. The monoisotopic (exact) mass is 360 g/mol. The van der Waals surface area contributed by atoms with E-state index in [1.54, 1.807) is 11.3 Å². The van der Waals surface area contributed by atoms with Gasteiger partial charge in [-0.3, -0.25) is 0 Å². The molecule has 6 heteroatoms. The average Bonchev–Trinajstić information content (AvgIpc) is 2.91. The number of benzene rings is 1. The normalized spacial score (nSPS) is 11.5. The third-order valence-corrected chi connectivity index (χ3v) is 4.86. The predicted molar refractivity (Wildman–Crippen MR) is 106 cm³/mol. The number of aromatic nitrogens is 1. The topological polar surface area (TPSA) is 58.5 Å². The molecule has 0 amide bonds. The number of ether oxygens (including phenoxy) is 1. The lowest BCUT2D eigenvalue weighted by molar-refractivity contribution is 0.338. The minimum absolute atomic E-state index is 0.624. The summed E-state index contributed by atoms with van der Waals surface area (Å²) in [7, 11) is 0. The Balaban J connectivity index is 2.00. The Bertz CT molecular complexity index is 705. The molecule has 2 N–H and O–H groups in total. The predicted octanol–water partition coefficient (Wildman–Crippen LogP) is 3.72. The molecule has 2 rings (SSSR count). The van der Waals surface area contributed by atoms with Crippen LogP contribution in [0.15, 0.2) is 23.2 Å². The molecule has 136 valence electrons. The van der Waals surface area contributed by atoms with Gasteiger partial charge >= 0.3 is 0 Å². The summed E-state index contributed by atoms with van der Waals surface area (Å²) in [5, 5.41) is 7.72. The molecule has 0 aliphatic rings. The maximum Gasteiger partial charge on any atom is 0.191 e. The van der Waals surface area contributed by atoms with E-state index in [0.29, 0.717) is 19.7 Å². The van der Waals surface area contributed by atoms with Crippen LogP contribution in [-0.4, -0.2) is 24.1 Å². The highest BCUT2D eigenvalue weighted by atomic mass is 32.1. The zero-order valence-corrected chi connectivity index (χ0v) is 16.6. The molecule has 0 unspecified atom stereocenters. The summed E-state index contributed by atoms with van der Waals surface area (Å²) in [6.45, 7) is 13.1. The van der Waals surface area contributed by atoms with E-state index in [4.69, 9.17) is 4.74 Å². The molecule has 1 aromatic carbocycles. The highest BCUT2D eigenvalue weighted by Crippen LogP contribution is 2.19. The van der Waals surface area contributed by atoms with Gasteiger partial charge in [-0.05, 0) is 51.8 Å². The van der Waals surface area contributed by atoms with Gasteiger partial charge in [0, 0.05) is 11.4 Å². The number of thiazole rings is 1. The van der Waals surface area contributed by atoms with Crippen LogP contribution in [0.25, 0.3) is 0 Å². The summed E-state index contributed by atoms with van der Waals surface area (Å²) in [4.78, 5) is 10.5. The first-order valence-corrected chi connectivity index (χ1v) is 9.52. The number of nitrogens with zero attached hydrogens (tertiary/aromatic N) is 2. The molecule has 0 saturated carbocycles. The Morgan fingerprint density at radius 3 is 2.60 bits per heavy atom. The summed E-state index contributed by atoms with van der Waals surface area (Å²) in [6.07, 6.45) is 0. The maximum absolute atomic E-state index is 5.59. The molecular weight excluding hydrogens is 332 g/mol. The number of rotatable bonds is 7. The van der Waals surface area contributed by atoms with Crippen molar-refractivity contribution in [1.29, 1.82) is 0 Å². The zero-order chi connectivity index (χ0) is 18.2. The van der Waals surface area contributed by atoms with Gasteiger partial charge in [0.2, 0.25) is 0 Å². The van der Waals surface area contributed by atoms with Crippen LogP contribution in [0.4, 0.5) is 0 Å². The molecular formula is C19H28N4OS. The Kier molecular flexibility index (Phi) is 7.25. The van der Waals surface area contributed by atoms with E-state index in [9.17, 15) is 0 Å². The molecule has 2 aromatic rings. The van der Waals surface area contributed by atoms with Gasteiger partial charge in [-0.1, -0.05) is 12.1 Å². The van der Waals surface area contributed by atoms with Gasteiger partial charge in [-0.15, -0.1) is 11.3 Å². The quantitative estimate of drug-likeness (QED) is 0.584. The van der Waals surface area contributed by atoms with E-state index in [1.165, 1.54) is 10.4 Å². The van der Waals surface area contributed by atoms with Gasteiger partial charge in [-0.2, -0.15) is 0 Å². The van der Waals surface area contributed by atoms with Crippen molar-refractivity contribution in [2.45, 2.75) is 47.7 Å². The summed E-state index contributed by atoms with van der Waals surface area (Å²) < 4.78 is 5.59. The third-order valence-electron chi connectivity index (χ3n) is 3.78. The minimum atomic E-state index is 0.624. The molecule has 0 bridgehead atoms. The second-order valence-corrected chi connectivity index (χ2v) is 7.12. The van der Waals surface area contributed by atoms with Crippen LogP contribution in [0.5, 0.6) is 5.75 Å². The first-order valence-electron chi connectivity index (χ1n) is 8.70. The first kappa shape index (κ1) is 19.2. The van der Waals surface area contributed by atoms with Crippen molar-refractivity contribution in [2.75, 3.05) is 13.2 Å². The van der Waals surface area contributed by atoms with Gasteiger partial charge in [0.1, 0.15) is 10.8 Å². The van der Waals surface area contributed by atoms with Crippen LogP contribution in [0.2, 0.25) is 0 Å². The molecule has 25 heavy (non-hydrogen) atoms. The smallest absolute Gasteiger partial charge is 0.191 e. The highest BCUT2D eigenvalue weighted by Gasteiger charge is 2.05. The Labute approximate surface area is 154 Å². The van der Waals surface area contributed by atoms with Crippen molar-refractivity contribution < 1.29 is 4.74 Å². The number of hydrogen-bond acceptors (Lipinski definition) is 4. The van der Waals surface area contributed by atoms with E-state index >= 15 is 0 Å². The van der Waals surface area contributed by atoms with Crippen molar-refractivity contribution in [3.8, 4) is 5.75 Å². The van der Waals surface area contributed by atoms with Crippen LogP contribution >= 0.6 is 11.3 Å². The molecule has 1 heterocycles. The van der Waals surface area contributed by atoms with E-state index in [1.807, 2.05) is 19.9 Å². The second-order valence-electron chi connectivity index (χ2n) is 5.83. The largest absolute Gasteiger partial charge is 0.494 e.